The summed E-state index contributed by atoms with van der Waals surface area (Å²) in [6.45, 7) is 4.47. The van der Waals surface area contributed by atoms with Crippen molar-refractivity contribution in [3.8, 4) is 0 Å². The number of hydrogen-bond donors (Lipinski definition) is 3. The molecule has 0 aromatic rings. The van der Waals surface area contributed by atoms with E-state index in [1.54, 1.807) is 0 Å². The van der Waals surface area contributed by atoms with E-state index in [1.165, 1.54) is 109 Å². The Labute approximate surface area is 236 Å². The van der Waals surface area contributed by atoms with Crippen LogP contribution in [0.3, 0.4) is 0 Å². The van der Waals surface area contributed by atoms with E-state index in [-0.39, 0.29) is 5.91 Å². The zero-order chi connectivity index (χ0) is 28.3. The average Bonchev–Trinajstić information content (AvgIpc) is 2.86. The maximum atomic E-state index is 12.4. The lowest BCUT2D eigenvalue weighted by atomic mass is 10.0. The molecule has 2 atom stereocenters. The highest BCUT2D eigenvalue weighted by atomic mass is 32.2. The lowest BCUT2D eigenvalue weighted by Gasteiger charge is -2.23. The van der Waals surface area contributed by atoms with Crippen molar-refractivity contribution < 1.29 is 22.9 Å². The summed E-state index contributed by atoms with van der Waals surface area (Å²) in [5.74, 6) is -0.889. The Kier molecular flexibility index (Phi) is 26.1. The third-order valence-electron chi connectivity index (χ3n) is 7.56. The molecule has 228 valence electrons. The van der Waals surface area contributed by atoms with Gasteiger partial charge in [-0.25, -0.2) is 0 Å². The lowest BCUT2D eigenvalue weighted by Crippen LogP contribution is -2.47. The van der Waals surface area contributed by atoms with Crippen molar-refractivity contribution >= 4 is 16.0 Å². The first kappa shape index (κ1) is 37.3. The van der Waals surface area contributed by atoms with Crippen LogP contribution in [0, 0.1) is 0 Å². The Balaban J connectivity index is 3.96. The van der Waals surface area contributed by atoms with E-state index in [2.05, 4.69) is 19.2 Å². The second-order valence-corrected chi connectivity index (χ2v) is 13.0. The molecule has 7 heteroatoms. The molecule has 0 heterocycles. The first-order valence-electron chi connectivity index (χ1n) is 16.2. The van der Waals surface area contributed by atoms with Gasteiger partial charge in [0.05, 0.1) is 17.9 Å². The first-order valence-corrected chi connectivity index (χ1v) is 17.8. The zero-order valence-electron chi connectivity index (χ0n) is 25.1. The summed E-state index contributed by atoms with van der Waals surface area (Å²) in [7, 11) is -4.29. The molecule has 3 N–H and O–H groups in total. The summed E-state index contributed by atoms with van der Waals surface area (Å²) in [5, 5.41) is 13.2. The average molecular weight is 562 g/mol. The zero-order valence-corrected chi connectivity index (χ0v) is 25.9. The number of carbonyl (C=O) groups excluding carboxylic acids is 1. The number of carbonyl (C=O) groups is 1. The predicted octanol–water partition coefficient (Wildman–Crippen LogP) is 8.51. The highest BCUT2D eigenvalue weighted by Crippen LogP contribution is 2.15. The monoisotopic (exact) mass is 561 g/mol. The van der Waals surface area contributed by atoms with Crippen LogP contribution < -0.4 is 5.32 Å². The SMILES string of the molecule is CCCCCCCCCCCCCCCC(=O)NC(CS(=O)(=O)O)C(O)CCCCCCCCCCCC. The molecule has 0 bridgehead atoms. The molecule has 0 aliphatic heterocycles. The summed E-state index contributed by atoms with van der Waals surface area (Å²) in [6, 6.07) is -0.960. The first-order chi connectivity index (χ1) is 18.3. The number of rotatable bonds is 29. The van der Waals surface area contributed by atoms with Gasteiger partial charge in [-0.3, -0.25) is 9.35 Å². The third-order valence-corrected chi connectivity index (χ3v) is 8.34. The highest BCUT2D eigenvalue weighted by molar-refractivity contribution is 7.85. The van der Waals surface area contributed by atoms with Crippen molar-refractivity contribution in [3.05, 3.63) is 0 Å². The molecule has 0 aliphatic rings. The van der Waals surface area contributed by atoms with Crippen LogP contribution in [0.4, 0.5) is 0 Å². The molecule has 6 nitrogen and oxygen atoms in total. The fourth-order valence-electron chi connectivity index (χ4n) is 5.10. The summed E-state index contributed by atoms with van der Waals surface area (Å²) >= 11 is 0. The van der Waals surface area contributed by atoms with Gasteiger partial charge in [0, 0.05) is 6.42 Å². The predicted molar refractivity (Wildman–Crippen MR) is 161 cm³/mol. The minimum Gasteiger partial charge on any atom is -0.391 e. The fraction of sp³-hybridized carbons (Fsp3) is 0.968. The van der Waals surface area contributed by atoms with E-state index in [9.17, 15) is 22.9 Å². The van der Waals surface area contributed by atoms with Gasteiger partial charge in [-0.1, -0.05) is 155 Å². The molecule has 38 heavy (non-hydrogen) atoms. The van der Waals surface area contributed by atoms with Crippen LogP contribution in [0.25, 0.3) is 0 Å². The minimum absolute atomic E-state index is 0.246. The third kappa shape index (κ3) is 26.9. The van der Waals surface area contributed by atoms with Crippen LogP contribution in [-0.2, 0) is 14.9 Å². The van der Waals surface area contributed by atoms with E-state index in [0.29, 0.717) is 12.8 Å². The normalized spacial score (nSPS) is 13.5. The minimum atomic E-state index is -4.29. The van der Waals surface area contributed by atoms with Crippen LogP contribution >= 0.6 is 0 Å². The van der Waals surface area contributed by atoms with E-state index in [1.807, 2.05) is 0 Å². The molecule has 0 radical (unpaired) electrons. The van der Waals surface area contributed by atoms with Crippen molar-refractivity contribution in [2.45, 2.75) is 187 Å². The number of hydrogen-bond acceptors (Lipinski definition) is 4. The van der Waals surface area contributed by atoms with Crippen molar-refractivity contribution in [1.29, 1.82) is 0 Å². The quantitative estimate of drug-likeness (QED) is 0.0627. The molecule has 0 fully saturated rings. The Morgan fingerprint density at radius 2 is 0.947 bits per heavy atom. The van der Waals surface area contributed by atoms with Crippen molar-refractivity contribution in [2.24, 2.45) is 0 Å². The van der Waals surface area contributed by atoms with E-state index in [0.717, 1.165) is 38.5 Å². The number of unbranched alkanes of at least 4 members (excludes halogenated alkanes) is 21. The van der Waals surface area contributed by atoms with Gasteiger partial charge < -0.3 is 10.4 Å². The van der Waals surface area contributed by atoms with E-state index in [4.69, 9.17) is 0 Å². The number of aliphatic hydroxyl groups is 1. The number of nitrogens with one attached hydrogen (secondary N) is 1. The van der Waals surface area contributed by atoms with E-state index < -0.39 is 28.0 Å². The van der Waals surface area contributed by atoms with Gasteiger partial charge in [0.1, 0.15) is 0 Å². The van der Waals surface area contributed by atoms with Crippen molar-refractivity contribution in [2.75, 3.05) is 5.75 Å². The van der Waals surface area contributed by atoms with Crippen LogP contribution in [0.15, 0.2) is 0 Å². The smallest absolute Gasteiger partial charge is 0.266 e. The van der Waals surface area contributed by atoms with Gasteiger partial charge in [0.15, 0.2) is 0 Å². The topological polar surface area (TPSA) is 104 Å². The fourth-order valence-corrected chi connectivity index (χ4v) is 5.86. The summed E-state index contributed by atoms with van der Waals surface area (Å²) < 4.78 is 32.2. The maximum absolute atomic E-state index is 12.4. The molecular weight excluding hydrogens is 498 g/mol. The highest BCUT2D eigenvalue weighted by Gasteiger charge is 2.26. The molecule has 0 saturated carbocycles. The van der Waals surface area contributed by atoms with Crippen LogP contribution in [0.2, 0.25) is 0 Å². The van der Waals surface area contributed by atoms with Gasteiger partial charge in [0.25, 0.3) is 10.1 Å². The Morgan fingerprint density at radius 3 is 1.32 bits per heavy atom. The molecule has 0 aliphatic carbocycles. The summed E-state index contributed by atoms with van der Waals surface area (Å²) in [4.78, 5) is 12.4. The second-order valence-electron chi connectivity index (χ2n) is 11.5. The molecule has 0 saturated heterocycles. The molecular formula is C31H63NO5S. The number of aliphatic hydroxyl groups excluding tert-OH is 1. The van der Waals surface area contributed by atoms with Gasteiger partial charge in [-0.2, -0.15) is 8.42 Å². The molecule has 0 aromatic carbocycles. The maximum Gasteiger partial charge on any atom is 0.266 e. The Hall–Kier alpha value is -0.660. The second kappa shape index (κ2) is 26.6. The molecule has 2 unspecified atom stereocenters. The Morgan fingerprint density at radius 1 is 0.605 bits per heavy atom. The lowest BCUT2D eigenvalue weighted by molar-refractivity contribution is -0.122. The van der Waals surface area contributed by atoms with Gasteiger partial charge in [0.2, 0.25) is 5.91 Å². The summed E-state index contributed by atoms with van der Waals surface area (Å²) in [5.41, 5.74) is 0. The standard InChI is InChI=1S/C31H63NO5S/c1-3-5-7-9-11-13-15-16-17-19-21-23-25-27-31(34)32-29(28-38(35,36)37)30(33)26-24-22-20-18-14-12-10-8-6-4-2/h29-30,33H,3-28H2,1-2H3,(H,32,34)(H,35,36,37). The molecule has 1 amide bonds. The largest absolute Gasteiger partial charge is 0.391 e. The van der Waals surface area contributed by atoms with Crippen LogP contribution in [0.5, 0.6) is 0 Å². The molecule has 0 aromatic heterocycles. The van der Waals surface area contributed by atoms with Crippen LogP contribution in [-0.4, -0.2) is 41.9 Å². The van der Waals surface area contributed by atoms with Crippen molar-refractivity contribution in [1.82, 2.24) is 5.32 Å². The van der Waals surface area contributed by atoms with Gasteiger partial charge >= 0.3 is 0 Å². The summed E-state index contributed by atoms with van der Waals surface area (Å²) in [6.07, 6.45) is 27.6. The van der Waals surface area contributed by atoms with Crippen molar-refractivity contribution in [3.63, 3.8) is 0 Å². The van der Waals surface area contributed by atoms with E-state index >= 15 is 0 Å². The Bertz CT molecular complexity index is 626. The molecule has 0 rings (SSSR count). The van der Waals surface area contributed by atoms with Gasteiger partial charge in [-0.05, 0) is 12.8 Å². The molecule has 0 spiro atoms. The van der Waals surface area contributed by atoms with Gasteiger partial charge in [-0.15, -0.1) is 0 Å². The van der Waals surface area contributed by atoms with Crippen LogP contribution in [0.1, 0.15) is 174 Å². The number of amides is 1.